The molecule has 1 atom stereocenters. The van der Waals surface area contributed by atoms with Gasteiger partial charge in [-0.05, 0) is 30.3 Å². The zero-order chi connectivity index (χ0) is 18.8. The molecule has 0 aromatic heterocycles. The number of urea groups is 1. The summed E-state index contributed by atoms with van der Waals surface area (Å²) in [4.78, 5) is 23.1. The van der Waals surface area contributed by atoms with Crippen LogP contribution in [0.2, 0.25) is 0 Å². The number of amides is 3. The standard InChI is InChI=1S/C18H21N3O5/c1-25-18(24)21-14-7-5-6-13(10-14)20-17(23)19-11-15(22)12-26-16-8-3-2-4-9-16/h2-10,15,22H,11-12H2,1H3,(H,21,24)(H2,19,20,23). The highest BCUT2D eigenvalue weighted by molar-refractivity contribution is 5.91. The molecule has 0 aliphatic heterocycles. The van der Waals surface area contributed by atoms with Crippen molar-refractivity contribution in [3.8, 4) is 5.75 Å². The van der Waals surface area contributed by atoms with Crippen molar-refractivity contribution < 1.29 is 24.2 Å². The minimum Gasteiger partial charge on any atom is -0.491 e. The van der Waals surface area contributed by atoms with Crippen molar-refractivity contribution in [1.82, 2.24) is 5.32 Å². The van der Waals surface area contributed by atoms with Gasteiger partial charge in [0.1, 0.15) is 18.5 Å². The monoisotopic (exact) mass is 359 g/mol. The first-order valence-corrected chi connectivity index (χ1v) is 7.92. The number of aliphatic hydroxyl groups is 1. The SMILES string of the molecule is COC(=O)Nc1cccc(NC(=O)NCC(O)COc2ccccc2)c1. The molecule has 0 bridgehead atoms. The van der Waals surface area contributed by atoms with Gasteiger partial charge in [-0.15, -0.1) is 0 Å². The number of ether oxygens (including phenoxy) is 2. The van der Waals surface area contributed by atoms with E-state index in [2.05, 4.69) is 20.7 Å². The van der Waals surface area contributed by atoms with Crippen LogP contribution in [-0.2, 0) is 4.74 Å². The lowest BCUT2D eigenvalue weighted by molar-refractivity contribution is 0.108. The van der Waals surface area contributed by atoms with Gasteiger partial charge < -0.3 is 25.2 Å². The molecule has 3 amide bonds. The summed E-state index contributed by atoms with van der Waals surface area (Å²) >= 11 is 0. The van der Waals surface area contributed by atoms with Crippen LogP contribution in [0, 0.1) is 0 Å². The predicted octanol–water partition coefficient (Wildman–Crippen LogP) is 2.43. The number of hydrogen-bond donors (Lipinski definition) is 4. The molecule has 0 fully saturated rings. The molecule has 0 spiro atoms. The number of nitrogens with one attached hydrogen (secondary N) is 3. The van der Waals surface area contributed by atoms with E-state index in [1.165, 1.54) is 7.11 Å². The summed E-state index contributed by atoms with van der Waals surface area (Å²) in [5, 5.41) is 17.5. The first-order chi connectivity index (χ1) is 12.6. The Bertz CT molecular complexity index is 724. The third-order valence-electron chi connectivity index (χ3n) is 3.24. The first kappa shape index (κ1) is 19.1. The zero-order valence-electron chi connectivity index (χ0n) is 14.3. The number of anilines is 2. The van der Waals surface area contributed by atoms with E-state index in [-0.39, 0.29) is 13.2 Å². The molecule has 2 rings (SSSR count). The Balaban J connectivity index is 1.74. The number of benzene rings is 2. The Kier molecular flexibility index (Phi) is 7.26. The van der Waals surface area contributed by atoms with Crippen molar-refractivity contribution in [2.45, 2.75) is 6.10 Å². The van der Waals surface area contributed by atoms with Gasteiger partial charge in [0.25, 0.3) is 0 Å². The predicted molar refractivity (Wildman–Crippen MR) is 97.4 cm³/mol. The quantitative estimate of drug-likeness (QED) is 0.607. The average Bonchev–Trinajstić information content (AvgIpc) is 2.65. The van der Waals surface area contributed by atoms with Crippen LogP contribution >= 0.6 is 0 Å². The number of aliphatic hydroxyl groups excluding tert-OH is 1. The number of carbonyl (C=O) groups is 2. The molecule has 0 radical (unpaired) electrons. The van der Waals surface area contributed by atoms with Crippen LogP contribution in [0.1, 0.15) is 0 Å². The Morgan fingerprint density at radius 2 is 1.73 bits per heavy atom. The van der Waals surface area contributed by atoms with Gasteiger partial charge in [0.2, 0.25) is 0 Å². The summed E-state index contributed by atoms with van der Waals surface area (Å²) in [5.74, 6) is 0.644. The molecule has 2 aromatic rings. The molecule has 138 valence electrons. The van der Waals surface area contributed by atoms with E-state index in [4.69, 9.17) is 4.74 Å². The normalized spacial score (nSPS) is 11.2. The van der Waals surface area contributed by atoms with Crippen molar-refractivity contribution in [3.63, 3.8) is 0 Å². The van der Waals surface area contributed by atoms with Crippen LogP contribution in [0.15, 0.2) is 54.6 Å². The van der Waals surface area contributed by atoms with Crippen LogP contribution in [0.3, 0.4) is 0 Å². The van der Waals surface area contributed by atoms with Gasteiger partial charge in [0, 0.05) is 17.9 Å². The molecule has 26 heavy (non-hydrogen) atoms. The van der Waals surface area contributed by atoms with Gasteiger partial charge in [-0.1, -0.05) is 24.3 Å². The molecule has 2 aromatic carbocycles. The van der Waals surface area contributed by atoms with Crippen LogP contribution in [0.4, 0.5) is 21.0 Å². The molecule has 0 aliphatic rings. The van der Waals surface area contributed by atoms with E-state index < -0.39 is 18.2 Å². The van der Waals surface area contributed by atoms with E-state index in [1.54, 1.807) is 36.4 Å². The van der Waals surface area contributed by atoms with Crippen LogP contribution < -0.4 is 20.7 Å². The lowest BCUT2D eigenvalue weighted by atomic mass is 10.3. The van der Waals surface area contributed by atoms with Gasteiger partial charge >= 0.3 is 12.1 Å². The Morgan fingerprint density at radius 3 is 2.42 bits per heavy atom. The fraction of sp³-hybridized carbons (Fsp3) is 0.222. The number of hydrogen-bond acceptors (Lipinski definition) is 5. The average molecular weight is 359 g/mol. The largest absolute Gasteiger partial charge is 0.491 e. The molecule has 8 nitrogen and oxygen atoms in total. The second-order valence-electron chi connectivity index (χ2n) is 5.31. The lowest BCUT2D eigenvalue weighted by Gasteiger charge is -2.14. The zero-order valence-corrected chi connectivity index (χ0v) is 14.3. The van der Waals surface area contributed by atoms with Crippen molar-refractivity contribution >= 4 is 23.5 Å². The van der Waals surface area contributed by atoms with E-state index >= 15 is 0 Å². The van der Waals surface area contributed by atoms with E-state index in [0.717, 1.165) is 0 Å². The second-order valence-corrected chi connectivity index (χ2v) is 5.31. The lowest BCUT2D eigenvalue weighted by Crippen LogP contribution is -2.37. The van der Waals surface area contributed by atoms with Gasteiger partial charge in [-0.3, -0.25) is 5.32 Å². The second kappa shape index (κ2) is 9.90. The van der Waals surface area contributed by atoms with E-state index in [0.29, 0.717) is 17.1 Å². The fourth-order valence-electron chi connectivity index (χ4n) is 2.00. The fourth-order valence-corrected chi connectivity index (χ4v) is 2.00. The molecule has 0 aliphatic carbocycles. The van der Waals surface area contributed by atoms with Crippen LogP contribution in [0.25, 0.3) is 0 Å². The van der Waals surface area contributed by atoms with Crippen molar-refractivity contribution in [2.24, 2.45) is 0 Å². The van der Waals surface area contributed by atoms with E-state index in [9.17, 15) is 14.7 Å². The molecule has 0 heterocycles. The van der Waals surface area contributed by atoms with Crippen molar-refractivity contribution in [3.05, 3.63) is 54.6 Å². The summed E-state index contributed by atoms with van der Waals surface area (Å²) in [7, 11) is 1.26. The molecular weight excluding hydrogens is 338 g/mol. The highest BCUT2D eigenvalue weighted by Crippen LogP contribution is 2.15. The van der Waals surface area contributed by atoms with Crippen LogP contribution in [0.5, 0.6) is 5.75 Å². The number of methoxy groups -OCH3 is 1. The summed E-state index contributed by atoms with van der Waals surface area (Å²) in [6.45, 7) is 0.0849. The maximum atomic E-state index is 11.9. The van der Waals surface area contributed by atoms with Gasteiger partial charge in [-0.25, -0.2) is 9.59 Å². The summed E-state index contributed by atoms with van der Waals surface area (Å²) < 4.78 is 9.91. The van der Waals surface area contributed by atoms with E-state index in [1.807, 2.05) is 18.2 Å². The molecule has 0 saturated heterocycles. The smallest absolute Gasteiger partial charge is 0.411 e. The molecule has 4 N–H and O–H groups in total. The molecule has 0 saturated carbocycles. The van der Waals surface area contributed by atoms with Gasteiger partial charge in [0.05, 0.1) is 7.11 Å². The number of rotatable bonds is 7. The Labute approximate surface area is 151 Å². The van der Waals surface area contributed by atoms with Crippen molar-refractivity contribution in [1.29, 1.82) is 0 Å². The van der Waals surface area contributed by atoms with Crippen LogP contribution in [-0.4, -0.2) is 43.6 Å². The summed E-state index contributed by atoms with van der Waals surface area (Å²) in [5.41, 5.74) is 0.956. The molecular formula is C18H21N3O5. The highest BCUT2D eigenvalue weighted by Gasteiger charge is 2.09. The molecule has 1 unspecified atom stereocenters. The Morgan fingerprint density at radius 1 is 1.04 bits per heavy atom. The third-order valence-corrected chi connectivity index (χ3v) is 3.24. The van der Waals surface area contributed by atoms with Gasteiger partial charge in [0.15, 0.2) is 0 Å². The minimum absolute atomic E-state index is 0.0266. The highest BCUT2D eigenvalue weighted by atomic mass is 16.5. The topological polar surface area (TPSA) is 109 Å². The summed E-state index contributed by atoms with van der Waals surface area (Å²) in [6, 6.07) is 15.2. The maximum absolute atomic E-state index is 11.9. The third kappa shape index (κ3) is 6.70. The minimum atomic E-state index is -0.853. The summed E-state index contributed by atoms with van der Waals surface area (Å²) in [6.07, 6.45) is -1.46. The number of para-hydroxylation sites is 1. The van der Waals surface area contributed by atoms with Gasteiger partial charge in [-0.2, -0.15) is 0 Å². The molecule has 8 heteroatoms. The van der Waals surface area contributed by atoms with Crippen molar-refractivity contribution in [2.75, 3.05) is 30.9 Å². The Hall–Kier alpha value is -3.26. The maximum Gasteiger partial charge on any atom is 0.411 e. The number of carbonyl (C=O) groups excluding carboxylic acids is 2. The first-order valence-electron chi connectivity index (χ1n) is 7.92.